The molecule has 1 heterocycles. The van der Waals surface area contributed by atoms with Gasteiger partial charge < -0.3 is 14.2 Å². The fourth-order valence-electron chi connectivity index (χ4n) is 2.72. The van der Waals surface area contributed by atoms with Crippen molar-refractivity contribution in [3.63, 3.8) is 0 Å². The lowest BCUT2D eigenvalue weighted by Gasteiger charge is -2.15. The lowest BCUT2D eigenvalue weighted by atomic mass is 10.1. The number of hydrogen-bond donors (Lipinski definition) is 0. The zero-order chi connectivity index (χ0) is 18.8. The molecule has 1 aliphatic rings. The maximum Gasteiger partial charge on any atom is 0.315 e. The van der Waals surface area contributed by atoms with Crippen LogP contribution >= 0.6 is 23.5 Å². The van der Waals surface area contributed by atoms with Crippen LogP contribution in [-0.4, -0.2) is 49.3 Å². The fraction of sp³-hybridized carbons (Fsp3) is 0.579. The normalized spacial score (nSPS) is 18.5. The highest BCUT2D eigenvalue weighted by Gasteiger charge is 2.12. The average molecular weight is 399 g/mol. The van der Waals surface area contributed by atoms with E-state index in [-0.39, 0.29) is 17.5 Å². The first kappa shape index (κ1) is 21.1. The lowest BCUT2D eigenvalue weighted by molar-refractivity contribution is -0.139. The topological polar surface area (TPSA) is 61.8 Å². The van der Waals surface area contributed by atoms with E-state index in [2.05, 4.69) is 19.1 Å². The molecule has 7 heteroatoms. The molecule has 1 aromatic carbocycles. The molecule has 144 valence electrons. The van der Waals surface area contributed by atoms with E-state index >= 15 is 0 Å². The SMILES string of the molecule is COc1c2cc(C)cc1CSCCOC(=O)CSCC(=O)CCCOC2. The average Bonchev–Trinajstić information content (AvgIpc) is 2.60. The van der Waals surface area contributed by atoms with Gasteiger partial charge in [0.25, 0.3) is 0 Å². The van der Waals surface area contributed by atoms with Crippen LogP contribution in [-0.2, 0) is 31.4 Å². The van der Waals surface area contributed by atoms with Gasteiger partial charge in [-0.3, -0.25) is 9.59 Å². The quantitative estimate of drug-likeness (QED) is 0.672. The molecule has 1 aliphatic heterocycles. The first-order valence-electron chi connectivity index (χ1n) is 8.67. The van der Waals surface area contributed by atoms with Crippen LogP contribution in [0.4, 0.5) is 0 Å². The third kappa shape index (κ3) is 7.21. The van der Waals surface area contributed by atoms with Crippen molar-refractivity contribution in [2.75, 3.05) is 37.6 Å². The lowest BCUT2D eigenvalue weighted by Crippen LogP contribution is -2.12. The molecular formula is C19H26O5S2. The summed E-state index contributed by atoms with van der Waals surface area (Å²) >= 11 is 3.02. The number of ether oxygens (including phenoxy) is 3. The van der Waals surface area contributed by atoms with Crippen molar-refractivity contribution in [2.24, 2.45) is 0 Å². The first-order valence-corrected chi connectivity index (χ1v) is 11.0. The number of hydrogen-bond acceptors (Lipinski definition) is 7. The Morgan fingerprint density at radius 3 is 2.65 bits per heavy atom. The zero-order valence-electron chi connectivity index (χ0n) is 15.4. The summed E-state index contributed by atoms with van der Waals surface area (Å²) in [6.07, 6.45) is 1.15. The van der Waals surface area contributed by atoms with Gasteiger partial charge in [-0.1, -0.05) is 17.7 Å². The molecule has 2 rings (SSSR count). The van der Waals surface area contributed by atoms with Crippen molar-refractivity contribution < 1.29 is 23.8 Å². The van der Waals surface area contributed by atoms with Gasteiger partial charge in [0.1, 0.15) is 18.1 Å². The third-order valence-electron chi connectivity index (χ3n) is 3.82. The minimum absolute atomic E-state index is 0.137. The predicted octanol–water partition coefficient (Wildman–Crippen LogP) is 3.39. The molecule has 0 unspecified atom stereocenters. The van der Waals surface area contributed by atoms with E-state index in [4.69, 9.17) is 14.2 Å². The molecule has 5 nitrogen and oxygen atoms in total. The molecule has 0 fully saturated rings. The van der Waals surface area contributed by atoms with Crippen LogP contribution < -0.4 is 4.74 Å². The number of esters is 1. The minimum Gasteiger partial charge on any atom is -0.496 e. The summed E-state index contributed by atoms with van der Waals surface area (Å²) in [5.74, 6) is 2.81. The highest BCUT2D eigenvalue weighted by Crippen LogP contribution is 2.30. The summed E-state index contributed by atoms with van der Waals surface area (Å²) in [6, 6.07) is 4.20. The second-order valence-corrected chi connectivity index (χ2v) is 8.17. The summed E-state index contributed by atoms with van der Waals surface area (Å²) in [4.78, 5) is 23.5. The number of thioether (sulfide) groups is 2. The van der Waals surface area contributed by atoms with E-state index < -0.39 is 0 Å². The Morgan fingerprint density at radius 2 is 1.85 bits per heavy atom. The van der Waals surface area contributed by atoms with Crippen LogP contribution in [0.2, 0.25) is 0 Å². The number of methoxy groups -OCH3 is 1. The monoisotopic (exact) mass is 398 g/mol. The smallest absolute Gasteiger partial charge is 0.315 e. The Balaban J connectivity index is 2.05. The van der Waals surface area contributed by atoms with Gasteiger partial charge in [-0.05, 0) is 13.3 Å². The maximum atomic E-state index is 11.8. The number of fused-ring (bicyclic) bond motifs is 2. The summed E-state index contributed by atoms with van der Waals surface area (Å²) in [5, 5.41) is 0. The minimum atomic E-state index is -0.261. The Bertz CT molecular complexity index is 571. The van der Waals surface area contributed by atoms with Gasteiger partial charge >= 0.3 is 5.97 Å². The number of benzene rings is 1. The number of carbonyl (C=O) groups excluding carboxylic acids is 2. The largest absolute Gasteiger partial charge is 0.496 e. The zero-order valence-corrected chi connectivity index (χ0v) is 17.0. The van der Waals surface area contributed by atoms with Crippen LogP contribution in [0, 0.1) is 6.92 Å². The van der Waals surface area contributed by atoms with Gasteiger partial charge in [0.05, 0.1) is 25.2 Å². The van der Waals surface area contributed by atoms with E-state index in [0.717, 1.165) is 33.9 Å². The summed E-state index contributed by atoms with van der Waals surface area (Å²) < 4.78 is 16.6. The number of cyclic esters (lactones) is 1. The van der Waals surface area contributed by atoms with E-state index in [1.807, 2.05) is 0 Å². The van der Waals surface area contributed by atoms with Gasteiger partial charge in [0, 0.05) is 35.7 Å². The summed E-state index contributed by atoms with van der Waals surface area (Å²) in [5.41, 5.74) is 3.31. The van der Waals surface area contributed by atoms with Crippen LogP contribution in [0.3, 0.4) is 0 Å². The fourth-order valence-corrected chi connectivity index (χ4v) is 4.22. The second-order valence-electron chi connectivity index (χ2n) is 6.08. The third-order valence-corrected chi connectivity index (χ3v) is 5.76. The number of Topliss-reactive ketones (excluding diaryl/α,β-unsaturated/α-hetero) is 1. The van der Waals surface area contributed by atoms with E-state index in [1.165, 1.54) is 11.8 Å². The van der Waals surface area contributed by atoms with E-state index in [1.54, 1.807) is 18.9 Å². The van der Waals surface area contributed by atoms with Crippen molar-refractivity contribution in [1.29, 1.82) is 0 Å². The maximum absolute atomic E-state index is 11.8. The van der Waals surface area contributed by atoms with Gasteiger partial charge in [-0.15, -0.1) is 11.8 Å². The van der Waals surface area contributed by atoms with E-state index in [9.17, 15) is 9.59 Å². The number of rotatable bonds is 1. The molecule has 0 atom stereocenters. The molecule has 0 saturated carbocycles. The van der Waals surface area contributed by atoms with Crippen molar-refractivity contribution in [1.82, 2.24) is 0 Å². The van der Waals surface area contributed by atoms with Crippen LogP contribution in [0.5, 0.6) is 5.75 Å². The molecule has 0 N–H and O–H groups in total. The highest BCUT2D eigenvalue weighted by molar-refractivity contribution is 8.00. The molecule has 0 spiro atoms. The Labute approximate surface area is 163 Å². The molecule has 0 amide bonds. The molecule has 0 aliphatic carbocycles. The van der Waals surface area contributed by atoms with Crippen molar-refractivity contribution in [3.8, 4) is 5.75 Å². The van der Waals surface area contributed by atoms with Gasteiger partial charge in [0.15, 0.2) is 0 Å². The van der Waals surface area contributed by atoms with Crippen LogP contribution in [0.15, 0.2) is 12.1 Å². The number of aryl methyl sites for hydroxylation is 1. The van der Waals surface area contributed by atoms with Crippen LogP contribution in [0.25, 0.3) is 0 Å². The first-order chi connectivity index (χ1) is 12.6. The summed E-state index contributed by atoms with van der Waals surface area (Å²) in [6.45, 7) is 3.44. The molecule has 26 heavy (non-hydrogen) atoms. The highest BCUT2D eigenvalue weighted by atomic mass is 32.2. The van der Waals surface area contributed by atoms with Crippen LogP contribution in [0.1, 0.15) is 29.5 Å². The molecule has 0 saturated heterocycles. The summed E-state index contributed by atoms with van der Waals surface area (Å²) in [7, 11) is 1.67. The second kappa shape index (κ2) is 11.5. The van der Waals surface area contributed by atoms with E-state index in [0.29, 0.717) is 38.4 Å². The molecule has 2 bridgehead atoms. The van der Waals surface area contributed by atoms with Crippen molar-refractivity contribution >= 4 is 35.3 Å². The Morgan fingerprint density at radius 1 is 1.04 bits per heavy atom. The molecule has 0 aromatic heterocycles. The van der Waals surface area contributed by atoms with Gasteiger partial charge in [0.2, 0.25) is 0 Å². The number of ketones is 1. The Kier molecular flexibility index (Phi) is 9.36. The van der Waals surface area contributed by atoms with Crippen molar-refractivity contribution in [3.05, 3.63) is 28.8 Å². The number of carbonyl (C=O) groups is 2. The molecule has 1 aromatic rings. The van der Waals surface area contributed by atoms with Crippen molar-refractivity contribution in [2.45, 2.75) is 32.1 Å². The van der Waals surface area contributed by atoms with Gasteiger partial charge in [-0.25, -0.2) is 0 Å². The Hall–Kier alpha value is -1.18. The molecular weight excluding hydrogens is 372 g/mol. The van der Waals surface area contributed by atoms with Gasteiger partial charge in [-0.2, -0.15) is 11.8 Å². The standard InChI is InChI=1S/C19H26O5S2/c1-14-8-15-10-23-5-3-4-17(20)12-26-13-18(21)24-6-7-25-11-16(9-14)19(15)22-2/h8-9H,3-7,10-13H2,1-2H3. The molecule has 0 radical (unpaired) electrons. The predicted molar refractivity (Wildman–Crippen MR) is 106 cm³/mol.